The van der Waals surface area contributed by atoms with Crippen molar-refractivity contribution in [2.45, 2.75) is 44.6 Å². The molecular formula is C16H24N2. The number of piperidine rings is 1. The van der Waals surface area contributed by atoms with Crippen molar-refractivity contribution in [3.8, 4) is 0 Å². The fourth-order valence-corrected chi connectivity index (χ4v) is 3.44. The molecule has 1 aromatic carbocycles. The highest BCUT2D eigenvalue weighted by Gasteiger charge is 2.19. The molecule has 2 aliphatic rings. The van der Waals surface area contributed by atoms with E-state index in [1.165, 1.54) is 50.8 Å². The van der Waals surface area contributed by atoms with E-state index < -0.39 is 0 Å². The van der Waals surface area contributed by atoms with Gasteiger partial charge in [-0.25, -0.2) is 0 Å². The maximum atomic E-state index is 6.40. The summed E-state index contributed by atoms with van der Waals surface area (Å²) in [5.74, 6) is 0.814. The zero-order valence-corrected chi connectivity index (χ0v) is 11.1. The molecular weight excluding hydrogens is 220 g/mol. The molecule has 0 bridgehead atoms. The lowest BCUT2D eigenvalue weighted by Crippen LogP contribution is -2.29. The Bertz CT molecular complexity index is 408. The van der Waals surface area contributed by atoms with Gasteiger partial charge in [0.1, 0.15) is 0 Å². The molecule has 1 unspecified atom stereocenters. The number of fused-ring (bicyclic) bond motifs is 1. The van der Waals surface area contributed by atoms with E-state index in [4.69, 9.17) is 5.73 Å². The quantitative estimate of drug-likeness (QED) is 0.857. The van der Waals surface area contributed by atoms with E-state index in [0.717, 1.165) is 12.3 Å². The highest BCUT2D eigenvalue weighted by Crippen LogP contribution is 2.29. The standard InChI is InChI=1S/C16H24N2/c17-16(10-12-6-8-18-9-7-12)15-5-4-13-2-1-3-14(13)11-15/h4-5,11-12,16,18H,1-3,6-10,17H2. The summed E-state index contributed by atoms with van der Waals surface area (Å²) in [6.07, 6.45) is 7.57. The first-order valence-electron chi connectivity index (χ1n) is 7.41. The minimum atomic E-state index is 0.235. The molecule has 1 saturated heterocycles. The smallest absolute Gasteiger partial charge is 0.0297 e. The maximum Gasteiger partial charge on any atom is 0.0297 e. The van der Waals surface area contributed by atoms with Crippen LogP contribution in [0.4, 0.5) is 0 Å². The molecule has 3 rings (SSSR count). The number of nitrogens with two attached hydrogens (primary N) is 1. The van der Waals surface area contributed by atoms with Crippen LogP contribution in [0.5, 0.6) is 0 Å². The van der Waals surface area contributed by atoms with Gasteiger partial charge in [0, 0.05) is 6.04 Å². The molecule has 1 atom stereocenters. The summed E-state index contributed by atoms with van der Waals surface area (Å²) >= 11 is 0. The van der Waals surface area contributed by atoms with Crippen LogP contribution in [-0.2, 0) is 12.8 Å². The largest absolute Gasteiger partial charge is 0.324 e. The molecule has 0 amide bonds. The van der Waals surface area contributed by atoms with E-state index in [1.807, 2.05) is 0 Å². The van der Waals surface area contributed by atoms with Crippen LogP contribution in [0.25, 0.3) is 0 Å². The average Bonchev–Trinajstić information content (AvgIpc) is 2.87. The minimum Gasteiger partial charge on any atom is -0.324 e. The predicted molar refractivity (Wildman–Crippen MR) is 75.6 cm³/mol. The normalized spacial score (nSPS) is 21.8. The minimum absolute atomic E-state index is 0.235. The summed E-state index contributed by atoms with van der Waals surface area (Å²) in [5, 5.41) is 3.42. The number of hydrogen-bond acceptors (Lipinski definition) is 2. The maximum absolute atomic E-state index is 6.40. The van der Waals surface area contributed by atoms with Crippen molar-refractivity contribution < 1.29 is 0 Å². The zero-order valence-electron chi connectivity index (χ0n) is 11.1. The van der Waals surface area contributed by atoms with E-state index in [-0.39, 0.29) is 6.04 Å². The summed E-state index contributed by atoms with van der Waals surface area (Å²) in [5.41, 5.74) is 10.9. The van der Waals surface area contributed by atoms with E-state index in [1.54, 1.807) is 11.1 Å². The molecule has 1 aromatic rings. The van der Waals surface area contributed by atoms with Crippen molar-refractivity contribution in [2.24, 2.45) is 11.7 Å². The van der Waals surface area contributed by atoms with Gasteiger partial charge in [-0.3, -0.25) is 0 Å². The molecule has 18 heavy (non-hydrogen) atoms. The topological polar surface area (TPSA) is 38.0 Å². The van der Waals surface area contributed by atoms with Crippen LogP contribution in [0.3, 0.4) is 0 Å². The van der Waals surface area contributed by atoms with Crippen molar-refractivity contribution in [1.29, 1.82) is 0 Å². The van der Waals surface area contributed by atoms with Gasteiger partial charge in [0.15, 0.2) is 0 Å². The molecule has 0 spiro atoms. The Morgan fingerprint density at radius 2 is 1.94 bits per heavy atom. The van der Waals surface area contributed by atoms with Gasteiger partial charge < -0.3 is 11.1 Å². The van der Waals surface area contributed by atoms with Gasteiger partial charge in [0.2, 0.25) is 0 Å². The fourth-order valence-electron chi connectivity index (χ4n) is 3.44. The molecule has 1 aliphatic heterocycles. The van der Waals surface area contributed by atoms with Gasteiger partial charge in [-0.2, -0.15) is 0 Å². The van der Waals surface area contributed by atoms with Crippen molar-refractivity contribution in [1.82, 2.24) is 5.32 Å². The lowest BCUT2D eigenvalue weighted by atomic mass is 9.88. The van der Waals surface area contributed by atoms with Crippen LogP contribution in [0.2, 0.25) is 0 Å². The summed E-state index contributed by atoms with van der Waals surface area (Å²) in [7, 11) is 0. The molecule has 3 N–H and O–H groups in total. The van der Waals surface area contributed by atoms with Gasteiger partial charge >= 0.3 is 0 Å². The number of rotatable bonds is 3. The van der Waals surface area contributed by atoms with Crippen LogP contribution in [0, 0.1) is 5.92 Å². The van der Waals surface area contributed by atoms with Gasteiger partial charge in [-0.15, -0.1) is 0 Å². The summed E-state index contributed by atoms with van der Waals surface area (Å²) in [6.45, 7) is 2.34. The van der Waals surface area contributed by atoms with Crippen molar-refractivity contribution in [3.05, 3.63) is 34.9 Å². The van der Waals surface area contributed by atoms with Crippen LogP contribution >= 0.6 is 0 Å². The lowest BCUT2D eigenvalue weighted by Gasteiger charge is -2.25. The molecule has 98 valence electrons. The summed E-state index contributed by atoms with van der Waals surface area (Å²) in [4.78, 5) is 0. The van der Waals surface area contributed by atoms with Gasteiger partial charge in [-0.05, 0) is 74.2 Å². The van der Waals surface area contributed by atoms with Crippen molar-refractivity contribution in [2.75, 3.05) is 13.1 Å². The van der Waals surface area contributed by atoms with Crippen LogP contribution in [0.15, 0.2) is 18.2 Å². The first kappa shape index (κ1) is 12.2. The molecule has 2 heteroatoms. The van der Waals surface area contributed by atoms with Crippen LogP contribution in [-0.4, -0.2) is 13.1 Å². The molecule has 0 aromatic heterocycles. The molecule has 1 heterocycles. The third-order valence-electron chi connectivity index (χ3n) is 4.60. The number of aryl methyl sites for hydroxylation is 2. The average molecular weight is 244 g/mol. The first-order chi connectivity index (χ1) is 8.83. The Labute approximate surface area is 110 Å². The highest BCUT2D eigenvalue weighted by atomic mass is 14.9. The fraction of sp³-hybridized carbons (Fsp3) is 0.625. The zero-order chi connectivity index (χ0) is 12.4. The molecule has 0 radical (unpaired) electrons. The Hall–Kier alpha value is -0.860. The summed E-state index contributed by atoms with van der Waals surface area (Å²) in [6, 6.07) is 7.17. The second-order valence-corrected chi connectivity index (χ2v) is 5.92. The second-order valence-electron chi connectivity index (χ2n) is 5.92. The number of benzene rings is 1. The van der Waals surface area contributed by atoms with Crippen molar-refractivity contribution >= 4 is 0 Å². The van der Waals surface area contributed by atoms with Gasteiger partial charge in [0.05, 0.1) is 0 Å². The third-order valence-corrected chi connectivity index (χ3v) is 4.60. The second kappa shape index (κ2) is 5.41. The molecule has 1 fully saturated rings. The third kappa shape index (κ3) is 2.60. The van der Waals surface area contributed by atoms with E-state index in [2.05, 4.69) is 23.5 Å². The molecule has 0 saturated carbocycles. The SMILES string of the molecule is NC(CC1CCNCC1)c1ccc2c(c1)CCC2. The van der Waals surface area contributed by atoms with E-state index in [9.17, 15) is 0 Å². The predicted octanol–water partition coefficient (Wildman–Crippen LogP) is 2.56. The molecule has 1 aliphatic carbocycles. The lowest BCUT2D eigenvalue weighted by molar-refractivity contribution is 0.333. The van der Waals surface area contributed by atoms with Gasteiger partial charge in [0.25, 0.3) is 0 Å². The monoisotopic (exact) mass is 244 g/mol. The Kier molecular flexibility index (Phi) is 3.67. The van der Waals surface area contributed by atoms with Crippen LogP contribution in [0.1, 0.15) is 48.4 Å². The Morgan fingerprint density at radius 1 is 1.17 bits per heavy atom. The van der Waals surface area contributed by atoms with Gasteiger partial charge in [-0.1, -0.05) is 18.2 Å². The highest BCUT2D eigenvalue weighted by molar-refractivity contribution is 5.36. The van der Waals surface area contributed by atoms with Crippen molar-refractivity contribution in [3.63, 3.8) is 0 Å². The Morgan fingerprint density at radius 3 is 2.78 bits per heavy atom. The van der Waals surface area contributed by atoms with Crippen LogP contribution < -0.4 is 11.1 Å². The number of hydrogen-bond donors (Lipinski definition) is 2. The first-order valence-corrected chi connectivity index (χ1v) is 7.41. The molecule has 2 nitrogen and oxygen atoms in total. The Balaban J connectivity index is 1.66. The van der Waals surface area contributed by atoms with E-state index in [0.29, 0.717) is 0 Å². The van der Waals surface area contributed by atoms with E-state index >= 15 is 0 Å². The number of nitrogens with one attached hydrogen (secondary N) is 1. The summed E-state index contributed by atoms with van der Waals surface area (Å²) < 4.78 is 0.